The smallest absolute Gasteiger partial charge is 0.305 e. The zero-order valence-corrected chi connectivity index (χ0v) is 17.4. The second-order valence-corrected chi connectivity index (χ2v) is 7.74. The Labute approximate surface area is 168 Å². The Kier molecular flexibility index (Phi) is 12.6. The SMILES string of the molecule is CC(C)COC(=O)CCCCCCCCC(=O)OCCc1cccc(Cl)c1. The van der Waals surface area contributed by atoms with E-state index in [-0.39, 0.29) is 11.9 Å². The Morgan fingerprint density at radius 2 is 1.52 bits per heavy atom. The third-order valence-corrected chi connectivity index (χ3v) is 4.37. The molecule has 0 aliphatic rings. The molecule has 0 heterocycles. The number of hydrogen-bond acceptors (Lipinski definition) is 4. The van der Waals surface area contributed by atoms with Gasteiger partial charge in [-0.2, -0.15) is 0 Å². The van der Waals surface area contributed by atoms with Crippen molar-refractivity contribution in [3.63, 3.8) is 0 Å². The lowest BCUT2D eigenvalue weighted by Gasteiger charge is -2.07. The van der Waals surface area contributed by atoms with Crippen molar-refractivity contribution in [1.82, 2.24) is 0 Å². The lowest BCUT2D eigenvalue weighted by molar-refractivity contribution is -0.145. The van der Waals surface area contributed by atoms with Gasteiger partial charge in [0.05, 0.1) is 13.2 Å². The number of unbranched alkanes of at least 4 members (excludes halogenated alkanes) is 5. The number of halogens is 1. The summed E-state index contributed by atoms with van der Waals surface area (Å²) in [7, 11) is 0. The van der Waals surface area contributed by atoms with Crippen LogP contribution in [0.2, 0.25) is 5.02 Å². The molecule has 0 bridgehead atoms. The van der Waals surface area contributed by atoms with Gasteiger partial charge in [0, 0.05) is 24.3 Å². The molecular weight excluding hydrogens is 364 g/mol. The fourth-order valence-corrected chi connectivity index (χ4v) is 2.84. The quantitative estimate of drug-likeness (QED) is 0.297. The summed E-state index contributed by atoms with van der Waals surface area (Å²) >= 11 is 5.93. The van der Waals surface area contributed by atoms with Crippen LogP contribution in [0.25, 0.3) is 0 Å². The summed E-state index contributed by atoms with van der Waals surface area (Å²) in [6.07, 6.45) is 7.60. The molecule has 0 aromatic heterocycles. The van der Waals surface area contributed by atoms with Crippen molar-refractivity contribution in [2.75, 3.05) is 13.2 Å². The van der Waals surface area contributed by atoms with Gasteiger partial charge in [-0.1, -0.05) is 63.3 Å². The number of hydrogen-bond donors (Lipinski definition) is 0. The molecule has 0 fully saturated rings. The van der Waals surface area contributed by atoms with E-state index in [4.69, 9.17) is 21.1 Å². The van der Waals surface area contributed by atoms with E-state index >= 15 is 0 Å². The first kappa shape index (κ1) is 23.5. The van der Waals surface area contributed by atoms with Crippen LogP contribution in [0.4, 0.5) is 0 Å². The van der Waals surface area contributed by atoms with Gasteiger partial charge in [-0.15, -0.1) is 0 Å². The van der Waals surface area contributed by atoms with Gasteiger partial charge in [0.1, 0.15) is 0 Å². The zero-order chi connectivity index (χ0) is 19.9. The standard InChI is InChI=1S/C22H33ClO4/c1-18(2)17-27-22(25)13-8-6-4-3-5-7-12-21(24)26-15-14-19-10-9-11-20(23)16-19/h9-11,16,18H,3-8,12-15,17H2,1-2H3. The molecule has 1 rings (SSSR count). The first-order valence-corrected chi connectivity index (χ1v) is 10.4. The van der Waals surface area contributed by atoms with Crippen molar-refractivity contribution in [2.24, 2.45) is 5.92 Å². The summed E-state index contributed by atoms with van der Waals surface area (Å²) in [5.74, 6) is 0.159. The van der Waals surface area contributed by atoms with Crippen molar-refractivity contribution in [3.8, 4) is 0 Å². The molecule has 5 heteroatoms. The Bertz CT molecular complexity index is 557. The molecule has 0 unspecified atom stereocenters. The molecule has 152 valence electrons. The summed E-state index contributed by atoms with van der Waals surface area (Å²) in [5, 5.41) is 0.700. The van der Waals surface area contributed by atoms with Crippen molar-refractivity contribution in [1.29, 1.82) is 0 Å². The summed E-state index contributed by atoms with van der Waals surface area (Å²) < 4.78 is 10.4. The fourth-order valence-electron chi connectivity index (χ4n) is 2.62. The highest BCUT2D eigenvalue weighted by molar-refractivity contribution is 6.30. The topological polar surface area (TPSA) is 52.6 Å². The first-order valence-electron chi connectivity index (χ1n) is 10.0. The van der Waals surface area contributed by atoms with Gasteiger partial charge < -0.3 is 9.47 Å². The molecule has 4 nitrogen and oxygen atoms in total. The second kappa shape index (κ2) is 14.5. The maximum absolute atomic E-state index is 11.7. The summed E-state index contributed by atoms with van der Waals surface area (Å²) in [4.78, 5) is 23.2. The van der Waals surface area contributed by atoms with Gasteiger partial charge in [-0.05, 0) is 36.5 Å². The lowest BCUT2D eigenvalue weighted by atomic mass is 10.1. The Morgan fingerprint density at radius 3 is 2.11 bits per heavy atom. The molecule has 1 aromatic rings. The third kappa shape index (κ3) is 13.3. The van der Waals surface area contributed by atoms with Crippen LogP contribution in [0, 0.1) is 5.92 Å². The van der Waals surface area contributed by atoms with Crippen LogP contribution in [0.1, 0.15) is 70.8 Å². The summed E-state index contributed by atoms with van der Waals surface area (Å²) in [6, 6.07) is 7.59. The predicted octanol–water partition coefficient (Wildman–Crippen LogP) is 5.75. The minimum atomic E-state index is -0.134. The van der Waals surface area contributed by atoms with E-state index in [1.165, 1.54) is 0 Å². The van der Waals surface area contributed by atoms with Gasteiger partial charge in [0.15, 0.2) is 0 Å². The Hall–Kier alpha value is -1.55. The van der Waals surface area contributed by atoms with E-state index in [9.17, 15) is 9.59 Å². The van der Waals surface area contributed by atoms with Crippen LogP contribution in [0.5, 0.6) is 0 Å². The van der Waals surface area contributed by atoms with E-state index in [2.05, 4.69) is 0 Å². The van der Waals surface area contributed by atoms with E-state index in [1.807, 2.05) is 38.1 Å². The predicted molar refractivity (Wildman–Crippen MR) is 109 cm³/mol. The summed E-state index contributed by atoms with van der Waals surface area (Å²) in [6.45, 7) is 4.96. The monoisotopic (exact) mass is 396 g/mol. The Morgan fingerprint density at radius 1 is 0.926 bits per heavy atom. The van der Waals surface area contributed by atoms with Crippen LogP contribution in [-0.2, 0) is 25.5 Å². The fraction of sp³-hybridized carbons (Fsp3) is 0.636. The van der Waals surface area contributed by atoms with Gasteiger partial charge in [-0.25, -0.2) is 0 Å². The van der Waals surface area contributed by atoms with Crippen molar-refractivity contribution in [2.45, 2.75) is 71.6 Å². The highest BCUT2D eigenvalue weighted by atomic mass is 35.5. The molecule has 0 spiro atoms. The van der Waals surface area contributed by atoms with Crippen LogP contribution >= 0.6 is 11.6 Å². The van der Waals surface area contributed by atoms with Gasteiger partial charge in [0.25, 0.3) is 0 Å². The van der Waals surface area contributed by atoms with Gasteiger partial charge in [-0.3, -0.25) is 9.59 Å². The molecule has 0 saturated carbocycles. The molecule has 0 aliphatic carbocycles. The van der Waals surface area contributed by atoms with Crippen molar-refractivity contribution >= 4 is 23.5 Å². The molecule has 0 atom stereocenters. The van der Waals surface area contributed by atoms with Crippen molar-refractivity contribution < 1.29 is 19.1 Å². The normalized spacial score (nSPS) is 10.8. The van der Waals surface area contributed by atoms with E-state index in [0.29, 0.717) is 43.4 Å². The highest BCUT2D eigenvalue weighted by Crippen LogP contribution is 2.12. The third-order valence-electron chi connectivity index (χ3n) is 4.13. The molecule has 0 aliphatic heterocycles. The number of carbonyl (C=O) groups excluding carboxylic acids is 2. The second-order valence-electron chi connectivity index (χ2n) is 7.30. The number of carbonyl (C=O) groups is 2. The maximum atomic E-state index is 11.7. The van der Waals surface area contributed by atoms with E-state index < -0.39 is 0 Å². The van der Waals surface area contributed by atoms with E-state index in [0.717, 1.165) is 44.1 Å². The van der Waals surface area contributed by atoms with Gasteiger partial charge in [0.2, 0.25) is 0 Å². The molecule has 0 N–H and O–H groups in total. The minimum absolute atomic E-state index is 0.0933. The average Bonchev–Trinajstić information content (AvgIpc) is 2.62. The Balaban J connectivity index is 1.91. The van der Waals surface area contributed by atoms with Crippen LogP contribution in [0.15, 0.2) is 24.3 Å². The molecule has 0 radical (unpaired) electrons. The molecule has 1 aromatic carbocycles. The lowest BCUT2D eigenvalue weighted by Crippen LogP contribution is -2.09. The van der Waals surface area contributed by atoms with Crippen LogP contribution in [-0.4, -0.2) is 25.2 Å². The number of esters is 2. The first-order chi connectivity index (χ1) is 13.0. The number of ether oxygens (including phenoxy) is 2. The highest BCUT2D eigenvalue weighted by Gasteiger charge is 2.05. The molecule has 0 amide bonds. The molecule has 0 saturated heterocycles. The maximum Gasteiger partial charge on any atom is 0.305 e. The summed E-state index contributed by atoms with van der Waals surface area (Å²) in [5.41, 5.74) is 1.07. The number of rotatable bonds is 14. The largest absolute Gasteiger partial charge is 0.465 e. The van der Waals surface area contributed by atoms with Crippen LogP contribution in [0.3, 0.4) is 0 Å². The van der Waals surface area contributed by atoms with Crippen LogP contribution < -0.4 is 0 Å². The van der Waals surface area contributed by atoms with Gasteiger partial charge >= 0.3 is 11.9 Å². The minimum Gasteiger partial charge on any atom is -0.465 e. The van der Waals surface area contributed by atoms with E-state index in [1.54, 1.807) is 0 Å². The molecule has 27 heavy (non-hydrogen) atoms. The molecular formula is C22H33ClO4. The number of benzene rings is 1. The average molecular weight is 397 g/mol. The zero-order valence-electron chi connectivity index (χ0n) is 16.7. The van der Waals surface area contributed by atoms with Crippen molar-refractivity contribution in [3.05, 3.63) is 34.9 Å².